The van der Waals surface area contributed by atoms with Crippen LogP contribution >= 0.6 is 23.1 Å². The van der Waals surface area contributed by atoms with Gasteiger partial charge in [0.15, 0.2) is 11.5 Å². The predicted octanol–water partition coefficient (Wildman–Crippen LogP) is 5.53. The third-order valence-corrected chi connectivity index (χ3v) is 8.10. The van der Waals surface area contributed by atoms with Crippen LogP contribution in [0.4, 0.5) is 0 Å². The number of benzene rings is 1. The number of carbonyl (C=O) groups excluding carboxylic acids is 1. The lowest BCUT2D eigenvalue weighted by Crippen LogP contribution is -2.38. The second-order valence-electron chi connectivity index (χ2n) is 8.44. The number of hydrogen-bond acceptors (Lipinski definition) is 8. The molecule has 1 amide bonds. The monoisotopic (exact) mass is 506 g/mol. The Hall–Kier alpha value is -3.17. The number of allylic oxidation sites excluding steroid dienone is 2. The molecule has 0 atom stereocenters. The molecule has 35 heavy (non-hydrogen) atoms. The van der Waals surface area contributed by atoms with Gasteiger partial charge in [-0.3, -0.25) is 14.8 Å². The van der Waals surface area contributed by atoms with Crippen LogP contribution in [0.2, 0.25) is 0 Å². The zero-order valence-electron chi connectivity index (χ0n) is 19.5. The summed E-state index contributed by atoms with van der Waals surface area (Å²) in [5, 5.41) is 4.66. The first-order valence-corrected chi connectivity index (χ1v) is 13.3. The van der Waals surface area contributed by atoms with Crippen LogP contribution < -0.4 is 9.47 Å². The lowest BCUT2D eigenvalue weighted by molar-refractivity contribution is 0.0699. The van der Waals surface area contributed by atoms with Crippen LogP contribution in [-0.4, -0.2) is 52.1 Å². The first-order chi connectivity index (χ1) is 17.1. The maximum absolute atomic E-state index is 13.0. The highest BCUT2D eigenvalue weighted by atomic mass is 32.2. The number of piperidine rings is 1. The third kappa shape index (κ3) is 5.41. The Bertz CT molecular complexity index is 1250. The molecule has 0 radical (unpaired) electrons. The minimum Gasteiger partial charge on any atom is -0.486 e. The van der Waals surface area contributed by atoms with Gasteiger partial charge in [0, 0.05) is 30.9 Å². The highest BCUT2D eigenvalue weighted by Crippen LogP contribution is 2.36. The number of thiazole rings is 1. The molecule has 1 fully saturated rings. The maximum Gasteiger partial charge on any atom is 0.273 e. The molecule has 2 aliphatic heterocycles. The van der Waals surface area contributed by atoms with E-state index in [-0.39, 0.29) is 5.91 Å². The van der Waals surface area contributed by atoms with E-state index in [9.17, 15) is 4.79 Å². The summed E-state index contributed by atoms with van der Waals surface area (Å²) in [5.74, 6) is 1.95. The Balaban J connectivity index is 1.14. The molecule has 4 heterocycles. The van der Waals surface area contributed by atoms with Crippen molar-refractivity contribution < 1.29 is 14.3 Å². The van der Waals surface area contributed by atoms with Gasteiger partial charge in [-0.05, 0) is 59.3 Å². The van der Waals surface area contributed by atoms with Crippen molar-refractivity contribution in [3.63, 3.8) is 0 Å². The van der Waals surface area contributed by atoms with Gasteiger partial charge in [0.05, 0.1) is 6.20 Å². The van der Waals surface area contributed by atoms with Gasteiger partial charge >= 0.3 is 0 Å². The molecule has 0 aliphatic carbocycles. The Morgan fingerprint density at radius 1 is 1.20 bits per heavy atom. The van der Waals surface area contributed by atoms with Gasteiger partial charge in [0.2, 0.25) is 0 Å². The van der Waals surface area contributed by atoms with Gasteiger partial charge < -0.3 is 14.4 Å². The molecule has 0 unspecified atom stereocenters. The molecule has 3 aromatic rings. The Labute approximate surface area is 212 Å². The summed E-state index contributed by atoms with van der Waals surface area (Å²) in [4.78, 5) is 28.8. The lowest BCUT2D eigenvalue weighted by Gasteiger charge is -2.32. The molecule has 5 rings (SSSR count). The van der Waals surface area contributed by atoms with Crippen molar-refractivity contribution >= 4 is 34.6 Å². The molecule has 0 N–H and O–H groups in total. The number of ether oxygens (including phenoxy) is 2. The molecule has 0 spiro atoms. The van der Waals surface area contributed by atoms with Gasteiger partial charge in [0.25, 0.3) is 5.91 Å². The molecule has 180 valence electrons. The van der Waals surface area contributed by atoms with Crippen molar-refractivity contribution in [3.8, 4) is 22.2 Å². The van der Waals surface area contributed by atoms with E-state index in [1.165, 1.54) is 11.3 Å². The second kappa shape index (κ2) is 10.6. The van der Waals surface area contributed by atoms with E-state index in [1.54, 1.807) is 35.7 Å². The number of amides is 1. The lowest BCUT2D eigenvalue weighted by atomic mass is 9.96. The summed E-state index contributed by atoms with van der Waals surface area (Å²) < 4.78 is 11.3. The standard InChI is InChI=1S/C26H26N4O3S2/c1-17(20-3-4-23-24(13-20)33-12-11-32-23)15-34-18(2)19-5-9-30(10-6-19)26(31)22-16-35-25(29-22)21-14-27-7-8-28-21/h3-4,7-8,13-16,19H,2,5-6,9-12H2,1H3/b17-15+. The molecule has 2 aromatic heterocycles. The van der Waals surface area contributed by atoms with Crippen LogP contribution in [0.5, 0.6) is 11.5 Å². The predicted molar refractivity (Wildman–Crippen MR) is 140 cm³/mol. The summed E-state index contributed by atoms with van der Waals surface area (Å²) in [6, 6.07) is 6.05. The summed E-state index contributed by atoms with van der Waals surface area (Å²) >= 11 is 3.09. The van der Waals surface area contributed by atoms with Gasteiger partial charge in [-0.15, -0.1) is 23.1 Å². The van der Waals surface area contributed by atoms with Crippen LogP contribution in [0.1, 0.15) is 35.8 Å². The first kappa shape index (κ1) is 23.6. The second-order valence-corrected chi connectivity index (χ2v) is 10.3. The van der Waals surface area contributed by atoms with Crippen molar-refractivity contribution in [1.29, 1.82) is 0 Å². The number of thioether (sulfide) groups is 1. The quantitative estimate of drug-likeness (QED) is 0.435. The van der Waals surface area contributed by atoms with E-state index >= 15 is 0 Å². The maximum atomic E-state index is 13.0. The summed E-state index contributed by atoms with van der Waals surface area (Å²) in [5.41, 5.74) is 3.42. The fraction of sp³-hybridized carbons (Fsp3) is 0.308. The molecular formula is C26H26N4O3S2. The highest BCUT2D eigenvalue weighted by molar-refractivity contribution is 8.06. The van der Waals surface area contributed by atoms with E-state index < -0.39 is 0 Å². The normalized spacial score (nSPS) is 16.3. The van der Waals surface area contributed by atoms with Crippen LogP contribution in [0.3, 0.4) is 0 Å². The number of nitrogens with zero attached hydrogens (tertiary/aromatic N) is 4. The van der Waals surface area contributed by atoms with Crippen molar-refractivity contribution in [2.75, 3.05) is 26.3 Å². The summed E-state index contributed by atoms with van der Waals surface area (Å²) in [6.45, 7) is 8.99. The van der Waals surface area contributed by atoms with Crippen LogP contribution in [-0.2, 0) is 0 Å². The summed E-state index contributed by atoms with van der Waals surface area (Å²) in [6.07, 6.45) is 6.70. The van der Waals surface area contributed by atoms with Gasteiger partial charge in [-0.1, -0.05) is 12.6 Å². The molecule has 2 aliphatic rings. The average Bonchev–Trinajstić information content (AvgIpc) is 3.42. The fourth-order valence-corrected chi connectivity index (χ4v) is 5.73. The van der Waals surface area contributed by atoms with Crippen molar-refractivity contribution in [2.45, 2.75) is 19.8 Å². The molecular weight excluding hydrogens is 480 g/mol. The Morgan fingerprint density at radius 3 is 2.77 bits per heavy atom. The number of hydrogen-bond donors (Lipinski definition) is 0. The number of rotatable bonds is 6. The SMILES string of the molecule is C=C(S/C=C(\C)c1ccc2c(c1)OCCO2)C1CCN(C(=O)c2csc(-c3cnccn3)n2)CC1. The number of aromatic nitrogens is 3. The molecule has 1 aromatic carbocycles. The topological polar surface area (TPSA) is 77.4 Å². The van der Waals surface area contributed by atoms with E-state index in [4.69, 9.17) is 9.47 Å². The van der Waals surface area contributed by atoms with E-state index in [2.05, 4.69) is 39.9 Å². The molecule has 0 bridgehead atoms. The third-order valence-electron chi connectivity index (χ3n) is 6.13. The fourth-order valence-electron chi connectivity index (χ4n) is 4.08. The summed E-state index contributed by atoms with van der Waals surface area (Å²) in [7, 11) is 0. The molecule has 7 nitrogen and oxygen atoms in total. The molecule has 9 heteroatoms. The van der Waals surface area contributed by atoms with Crippen LogP contribution in [0.25, 0.3) is 16.3 Å². The number of carbonyl (C=O) groups is 1. The molecule has 1 saturated heterocycles. The molecule has 0 saturated carbocycles. The minimum absolute atomic E-state index is 0.0255. The van der Waals surface area contributed by atoms with Crippen molar-refractivity contribution in [2.24, 2.45) is 5.92 Å². The number of likely N-dealkylation sites (tertiary alicyclic amines) is 1. The minimum atomic E-state index is -0.0255. The highest BCUT2D eigenvalue weighted by Gasteiger charge is 2.26. The van der Waals surface area contributed by atoms with Crippen LogP contribution in [0, 0.1) is 5.92 Å². The van der Waals surface area contributed by atoms with Crippen molar-refractivity contribution in [3.05, 3.63) is 70.3 Å². The van der Waals surface area contributed by atoms with Gasteiger partial charge in [-0.2, -0.15) is 0 Å². The number of fused-ring (bicyclic) bond motifs is 1. The zero-order chi connectivity index (χ0) is 24.2. The van der Waals surface area contributed by atoms with Crippen molar-refractivity contribution in [1.82, 2.24) is 19.9 Å². The average molecular weight is 507 g/mol. The zero-order valence-corrected chi connectivity index (χ0v) is 21.1. The van der Waals surface area contributed by atoms with E-state index in [1.807, 2.05) is 17.0 Å². The largest absolute Gasteiger partial charge is 0.486 e. The van der Waals surface area contributed by atoms with E-state index in [0.717, 1.165) is 40.4 Å². The van der Waals surface area contributed by atoms with Gasteiger partial charge in [-0.25, -0.2) is 4.98 Å². The Kier molecular flexibility index (Phi) is 7.15. The Morgan fingerprint density at radius 2 is 2.00 bits per heavy atom. The van der Waals surface area contributed by atoms with E-state index in [0.29, 0.717) is 48.6 Å². The first-order valence-electron chi connectivity index (χ1n) is 11.5. The smallest absolute Gasteiger partial charge is 0.273 e. The van der Waals surface area contributed by atoms with Gasteiger partial charge in [0.1, 0.15) is 29.6 Å². The van der Waals surface area contributed by atoms with Crippen LogP contribution in [0.15, 0.2) is 59.1 Å².